The van der Waals surface area contributed by atoms with Crippen LogP contribution in [0.4, 0.5) is 14.6 Å². The molecule has 44 heavy (non-hydrogen) atoms. The van der Waals surface area contributed by atoms with E-state index < -0.39 is 29.4 Å². The summed E-state index contributed by atoms with van der Waals surface area (Å²) in [5.41, 5.74) is 2.29. The van der Waals surface area contributed by atoms with Crippen molar-refractivity contribution in [3.05, 3.63) is 58.0 Å². The zero-order valence-electron chi connectivity index (χ0n) is 25.0. The number of nitriles is 1. The Balaban J connectivity index is 1.25. The molecule has 4 heterocycles. The summed E-state index contributed by atoms with van der Waals surface area (Å²) in [4.78, 5) is 28.0. The molecule has 0 N–H and O–H groups in total. The molecule has 1 spiro atoms. The van der Waals surface area contributed by atoms with Crippen LogP contribution in [0.5, 0.6) is 6.01 Å². The van der Waals surface area contributed by atoms with Gasteiger partial charge in [-0.05, 0) is 69.1 Å². The summed E-state index contributed by atoms with van der Waals surface area (Å²) in [7, 11) is 0. The van der Waals surface area contributed by atoms with Gasteiger partial charge >= 0.3 is 6.01 Å². The van der Waals surface area contributed by atoms with Crippen molar-refractivity contribution in [1.29, 1.82) is 5.26 Å². The van der Waals surface area contributed by atoms with E-state index in [-0.39, 0.29) is 31.1 Å². The second-order valence-electron chi connectivity index (χ2n) is 13.2. The second kappa shape index (κ2) is 11.0. The van der Waals surface area contributed by atoms with E-state index in [1.807, 2.05) is 23.1 Å². The Morgan fingerprint density at radius 1 is 1.18 bits per heavy atom. The van der Waals surface area contributed by atoms with Gasteiger partial charge in [-0.15, -0.1) is 0 Å². The summed E-state index contributed by atoms with van der Waals surface area (Å²) in [6.07, 6.45) is 4.37. The lowest BCUT2D eigenvalue weighted by Crippen LogP contribution is -2.61. The van der Waals surface area contributed by atoms with Crippen LogP contribution in [0.2, 0.25) is 5.02 Å². The number of ether oxygens (including phenoxy) is 1. The van der Waals surface area contributed by atoms with Crippen LogP contribution in [0, 0.1) is 11.3 Å². The highest BCUT2D eigenvalue weighted by Crippen LogP contribution is 2.57. The van der Waals surface area contributed by atoms with Crippen molar-refractivity contribution in [1.82, 2.24) is 19.8 Å². The second-order valence-corrected chi connectivity index (χ2v) is 13.6. The Bertz CT molecular complexity index is 1570. The SMILES string of the molecule is C=C(F)C(=O)N1CCN(c2nc(OCC34CCC(C)N3CC4)nc3c2CC[C@@]2(CCc4c(Cl)cccc42)[C@H]3F)C[C@@H]1CC#N. The van der Waals surface area contributed by atoms with Gasteiger partial charge in [0.15, 0.2) is 12.0 Å². The van der Waals surface area contributed by atoms with Gasteiger partial charge in [0, 0.05) is 48.2 Å². The number of hydrogen-bond donors (Lipinski definition) is 0. The van der Waals surface area contributed by atoms with Crippen LogP contribution in [-0.4, -0.2) is 76.1 Å². The van der Waals surface area contributed by atoms with Crippen molar-refractivity contribution in [2.75, 3.05) is 37.7 Å². The minimum absolute atomic E-state index is 0.0229. The third kappa shape index (κ3) is 4.49. The predicted molar refractivity (Wildman–Crippen MR) is 162 cm³/mol. The van der Waals surface area contributed by atoms with Gasteiger partial charge < -0.3 is 14.5 Å². The van der Waals surface area contributed by atoms with Crippen LogP contribution in [0.15, 0.2) is 30.6 Å². The molecular weight excluding hydrogens is 586 g/mol. The monoisotopic (exact) mass is 622 g/mol. The third-order valence-electron chi connectivity index (χ3n) is 11.1. The van der Waals surface area contributed by atoms with E-state index in [0.717, 1.165) is 42.5 Å². The lowest BCUT2D eigenvalue weighted by Gasteiger charge is -2.49. The number of halogens is 3. The zero-order chi connectivity index (χ0) is 30.8. The molecule has 3 aliphatic heterocycles. The lowest BCUT2D eigenvalue weighted by molar-refractivity contribution is -0.131. The molecule has 2 aliphatic carbocycles. The highest BCUT2D eigenvalue weighted by Gasteiger charge is 2.53. The fourth-order valence-corrected chi connectivity index (χ4v) is 8.86. The number of alkyl halides is 1. The minimum atomic E-state index is -1.38. The van der Waals surface area contributed by atoms with Gasteiger partial charge in [0.25, 0.3) is 5.91 Å². The normalized spacial score (nSPS) is 30.8. The first-order chi connectivity index (χ1) is 21.2. The van der Waals surface area contributed by atoms with Crippen LogP contribution >= 0.6 is 11.6 Å². The Morgan fingerprint density at radius 3 is 2.68 bits per heavy atom. The predicted octanol–water partition coefficient (Wildman–Crippen LogP) is 5.39. The number of nitrogens with zero attached hydrogens (tertiary/aromatic N) is 6. The summed E-state index contributed by atoms with van der Waals surface area (Å²) in [6.45, 7) is 7.68. The van der Waals surface area contributed by atoms with Gasteiger partial charge in [-0.2, -0.15) is 15.2 Å². The third-order valence-corrected chi connectivity index (χ3v) is 11.4. The Morgan fingerprint density at radius 2 is 1.98 bits per heavy atom. The van der Waals surface area contributed by atoms with Crippen LogP contribution in [-0.2, 0) is 23.1 Å². The molecule has 1 aromatic carbocycles. The first kappa shape index (κ1) is 29.4. The van der Waals surface area contributed by atoms with Gasteiger partial charge in [-0.25, -0.2) is 8.78 Å². The van der Waals surface area contributed by atoms with Crippen LogP contribution in [0.1, 0.15) is 74.0 Å². The molecule has 0 bridgehead atoms. The van der Waals surface area contributed by atoms with Gasteiger partial charge in [0.1, 0.15) is 12.4 Å². The number of amides is 1. The average molecular weight is 623 g/mol. The number of anilines is 1. The smallest absolute Gasteiger partial charge is 0.318 e. The topological polar surface area (TPSA) is 85.6 Å². The summed E-state index contributed by atoms with van der Waals surface area (Å²) >= 11 is 6.55. The summed E-state index contributed by atoms with van der Waals surface area (Å²) in [5, 5.41) is 10.2. The molecule has 1 aromatic heterocycles. The fourth-order valence-electron chi connectivity index (χ4n) is 8.59. The largest absolute Gasteiger partial charge is 0.461 e. The average Bonchev–Trinajstić information content (AvgIpc) is 3.48. The molecule has 5 aliphatic rings. The number of benzene rings is 1. The number of carbonyl (C=O) groups excluding carboxylic acids is 1. The molecule has 7 rings (SSSR count). The number of carbonyl (C=O) groups is 1. The maximum absolute atomic E-state index is 17.1. The highest BCUT2D eigenvalue weighted by molar-refractivity contribution is 6.31. The van der Waals surface area contributed by atoms with E-state index in [9.17, 15) is 14.4 Å². The van der Waals surface area contributed by atoms with Crippen molar-refractivity contribution in [3.63, 3.8) is 0 Å². The van der Waals surface area contributed by atoms with E-state index in [0.29, 0.717) is 61.4 Å². The van der Waals surface area contributed by atoms with Gasteiger partial charge in [-0.1, -0.05) is 30.3 Å². The molecule has 2 aromatic rings. The number of hydrogen-bond acceptors (Lipinski definition) is 7. The standard InChI is InChI=1S/C33H37ClF2N6O2/c1-20-6-10-32(13-15-42(20)32)19-44-31-38-27-24(8-12-33(28(27)36)11-7-23-25(33)4-3-5-26(23)34)29(39-31)40-16-17-41(30(43)21(2)35)22(18-40)9-14-37/h3-5,20,22,28H,2,6-13,15-19H2,1H3/t20?,22-,28-,32?,33+/m0/s1. The number of fused-ring (bicyclic) bond motifs is 4. The Kier molecular flexibility index (Phi) is 7.32. The molecule has 3 fully saturated rings. The molecule has 5 atom stereocenters. The molecule has 0 radical (unpaired) electrons. The van der Waals surface area contributed by atoms with Crippen molar-refractivity contribution in [2.24, 2.45) is 0 Å². The van der Waals surface area contributed by atoms with Gasteiger partial charge in [-0.3, -0.25) is 9.69 Å². The molecule has 3 saturated heterocycles. The lowest BCUT2D eigenvalue weighted by atomic mass is 9.68. The van der Waals surface area contributed by atoms with E-state index in [2.05, 4.69) is 24.5 Å². The van der Waals surface area contributed by atoms with Crippen molar-refractivity contribution in [2.45, 2.75) is 87.5 Å². The van der Waals surface area contributed by atoms with Crippen LogP contribution in [0.25, 0.3) is 0 Å². The van der Waals surface area contributed by atoms with Gasteiger partial charge in [0.2, 0.25) is 0 Å². The van der Waals surface area contributed by atoms with Crippen molar-refractivity contribution in [3.8, 4) is 12.1 Å². The van der Waals surface area contributed by atoms with E-state index in [4.69, 9.17) is 26.3 Å². The van der Waals surface area contributed by atoms with E-state index in [1.54, 1.807) is 0 Å². The quantitative estimate of drug-likeness (QED) is 0.399. The molecule has 0 saturated carbocycles. The number of aromatic nitrogens is 2. The first-order valence-electron chi connectivity index (χ1n) is 15.7. The Labute approximate surface area is 261 Å². The maximum atomic E-state index is 17.1. The van der Waals surface area contributed by atoms with E-state index >= 15 is 4.39 Å². The van der Waals surface area contributed by atoms with Crippen LogP contribution < -0.4 is 9.64 Å². The summed E-state index contributed by atoms with van der Waals surface area (Å²) in [5.74, 6) is -1.29. The molecule has 2 unspecified atom stereocenters. The molecule has 232 valence electrons. The first-order valence-corrected chi connectivity index (χ1v) is 16.0. The van der Waals surface area contributed by atoms with E-state index in [1.165, 1.54) is 4.90 Å². The molecular formula is C33H37ClF2N6O2. The molecule has 8 nitrogen and oxygen atoms in total. The highest BCUT2D eigenvalue weighted by atomic mass is 35.5. The van der Waals surface area contributed by atoms with Crippen molar-refractivity contribution < 1.29 is 18.3 Å². The fraction of sp³-hybridized carbons (Fsp3) is 0.576. The zero-order valence-corrected chi connectivity index (χ0v) is 25.8. The minimum Gasteiger partial charge on any atom is -0.461 e. The Hall–Kier alpha value is -3.29. The maximum Gasteiger partial charge on any atom is 0.318 e. The summed E-state index contributed by atoms with van der Waals surface area (Å²) in [6, 6.07) is 7.97. The van der Waals surface area contributed by atoms with Crippen LogP contribution in [0.3, 0.4) is 0 Å². The van der Waals surface area contributed by atoms with Crippen molar-refractivity contribution >= 4 is 23.3 Å². The number of piperazine rings is 1. The number of rotatable bonds is 6. The molecule has 11 heteroatoms. The summed E-state index contributed by atoms with van der Waals surface area (Å²) < 4.78 is 37.3. The van der Waals surface area contributed by atoms with Gasteiger partial charge in [0.05, 0.1) is 29.8 Å². The molecule has 1 amide bonds.